The smallest absolute Gasteiger partial charge is 0.230 e. The molecular weight excluding hydrogens is 312 g/mol. The van der Waals surface area contributed by atoms with Crippen LogP contribution in [0, 0.1) is 0 Å². The Kier molecular flexibility index (Phi) is 6.83. The first-order chi connectivity index (χ1) is 11.2. The Morgan fingerprint density at radius 1 is 1.39 bits per heavy atom. The van der Waals surface area contributed by atoms with Crippen LogP contribution in [0.4, 0.5) is 0 Å². The zero-order valence-corrected chi connectivity index (χ0v) is 13.9. The van der Waals surface area contributed by atoms with Crippen molar-refractivity contribution >= 4 is 17.7 Å². The zero-order valence-electron chi connectivity index (χ0n) is 13.1. The number of hydrogen-bond acceptors (Lipinski definition) is 5. The van der Waals surface area contributed by atoms with Gasteiger partial charge in [-0.3, -0.25) is 4.79 Å². The molecule has 0 aliphatic heterocycles. The van der Waals surface area contributed by atoms with E-state index in [0.717, 1.165) is 11.4 Å². The summed E-state index contributed by atoms with van der Waals surface area (Å²) >= 11 is 1.35. The van der Waals surface area contributed by atoms with Crippen molar-refractivity contribution in [3.8, 4) is 0 Å². The van der Waals surface area contributed by atoms with Gasteiger partial charge in [0.15, 0.2) is 11.0 Å². The maximum atomic E-state index is 12.0. The van der Waals surface area contributed by atoms with Gasteiger partial charge in [0.1, 0.15) is 6.61 Å². The van der Waals surface area contributed by atoms with Crippen LogP contribution in [0.15, 0.2) is 48.1 Å². The van der Waals surface area contributed by atoms with Crippen molar-refractivity contribution in [3.63, 3.8) is 0 Å². The normalized spacial score (nSPS) is 10.5. The van der Waals surface area contributed by atoms with E-state index in [-0.39, 0.29) is 11.7 Å². The fourth-order valence-electron chi connectivity index (χ4n) is 1.95. The Labute approximate surface area is 139 Å². The number of nitrogens with one attached hydrogen (secondary N) is 1. The highest BCUT2D eigenvalue weighted by Crippen LogP contribution is 2.17. The molecule has 122 valence electrons. The SMILES string of the molecule is C=CCn1c(COC)nnc1SCC(=O)NCc1ccccc1. The van der Waals surface area contributed by atoms with Gasteiger partial charge in [0, 0.05) is 20.2 Å². The number of amides is 1. The van der Waals surface area contributed by atoms with Crippen molar-refractivity contribution in [2.45, 2.75) is 24.9 Å². The minimum atomic E-state index is -0.0414. The van der Waals surface area contributed by atoms with Crippen LogP contribution < -0.4 is 5.32 Å². The van der Waals surface area contributed by atoms with Crippen LogP contribution in [0.3, 0.4) is 0 Å². The molecule has 0 spiro atoms. The van der Waals surface area contributed by atoms with Crippen molar-refractivity contribution in [2.75, 3.05) is 12.9 Å². The topological polar surface area (TPSA) is 69.0 Å². The number of carbonyl (C=O) groups is 1. The second-order valence-corrected chi connectivity index (χ2v) is 5.72. The molecule has 2 aromatic rings. The first kappa shape index (κ1) is 17.2. The summed E-state index contributed by atoms with van der Waals surface area (Å²) in [5, 5.41) is 11.8. The van der Waals surface area contributed by atoms with Gasteiger partial charge in [0.05, 0.1) is 5.75 Å². The van der Waals surface area contributed by atoms with E-state index in [1.165, 1.54) is 11.8 Å². The molecule has 0 unspecified atom stereocenters. The second kappa shape index (κ2) is 9.12. The molecule has 0 bridgehead atoms. The van der Waals surface area contributed by atoms with Crippen molar-refractivity contribution < 1.29 is 9.53 Å². The van der Waals surface area contributed by atoms with Gasteiger partial charge in [0.2, 0.25) is 5.91 Å². The minimum Gasteiger partial charge on any atom is -0.377 e. The van der Waals surface area contributed by atoms with E-state index in [9.17, 15) is 4.79 Å². The summed E-state index contributed by atoms with van der Waals surface area (Å²) in [6.07, 6.45) is 1.77. The maximum absolute atomic E-state index is 12.0. The molecule has 1 N–H and O–H groups in total. The number of benzene rings is 1. The summed E-state index contributed by atoms with van der Waals surface area (Å²) in [6, 6.07) is 9.80. The number of rotatable bonds is 9. The predicted octanol–water partition coefficient (Wildman–Crippen LogP) is 2.02. The summed E-state index contributed by atoms with van der Waals surface area (Å²) < 4.78 is 6.99. The minimum absolute atomic E-state index is 0.0414. The molecule has 0 radical (unpaired) electrons. The van der Waals surface area contributed by atoms with Crippen molar-refractivity contribution in [3.05, 3.63) is 54.4 Å². The molecule has 1 aromatic heterocycles. The average Bonchev–Trinajstić information content (AvgIpc) is 2.95. The highest BCUT2D eigenvalue weighted by molar-refractivity contribution is 7.99. The molecule has 1 heterocycles. The van der Waals surface area contributed by atoms with Gasteiger partial charge in [-0.2, -0.15) is 0 Å². The Balaban J connectivity index is 1.87. The molecule has 1 aromatic carbocycles. The third-order valence-corrected chi connectivity index (χ3v) is 4.01. The van der Waals surface area contributed by atoms with Crippen LogP contribution in [0.5, 0.6) is 0 Å². The monoisotopic (exact) mass is 332 g/mol. The highest BCUT2D eigenvalue weighted by atomic mass is 32.2. The fraction of sp³-hybridized carbons (Fsp3) is 0.312. The third-order valence-electron chi connectivity index (χ3n) is 3.04. The first-order valence-corrected chi connectivity index (χ1v) is 8.18. The number of methoxy groups -OCH3 is 1. The van der Waals surface area contributed by atoms with Gasteiger partial charge in [-0.1, -0.05) is 48.2 Å². The van der Waals surface area contributed by atoms with Crippen LogP contribution in [-0.2, 0) is 29.2 Å². The lowest BCUT2D eigenvalue weighted by molar-refractivity contribution is -0.118. The van der Waals surface area contributed by atoms with Crippen LogP contribution in [-0.4, -0.2) is 33.5 Å². The Morgan fingerprint density at radius 2 is 2.17 bits per heavy atom. The van der Waals surface area contributed by atoms with E-state index in [2.05, 4.69) is 22.1 Å². The molecule has 1 amide bonds. The first-order valence-electron chi connectivity index (χ1n) is 7.20. The molecule has 2 rings (SSSR count). The van der Waals surface area contributed by atoms with Crippen molar-refractivity contribution in [1.29, 1.82) is 0 Å². The quantitative estimate of drug-likeness (QED) is 0.562. The van der Waals surface area contributed by atoms with E-state index in [0.29, 0.717) is 24.9 Å². The van der Waals surface area contributed by atoms with Crippen LogP contribution >= 0.6 is 11.8 Å². The second-order valence-electron chi connectivity index (χ2n) is 4.78. The number of nitrogens with zero attached hydrogens (tertiary/aromatic N) is 3. The molecule has 6 nitrogen and oxygen atoms in total. The molecule has 0 saturated heterocycles. The van der Waals surface area contributed by atoms with Gasteiger partial charge < -0.3 is 14.6 Å². The third kappa shape index (κ3) is 5.22. The van der Waals surface area contributed by atoms with Crippen LogP contribution in [0.25, 0.3) is 0 Å². The number of allylic oxidation sites excluding steroid dienone is 1. The van der Waals surface area contributed by atoms with Crippen molar-refractivity contribution in [2.24, 2.45) is 0 Å². The van der Waals surface area contributed by atoms with E-state index in [4.69, 9.17) is 4.74 Å². The Hall–Kier alpha value is -2.12. The molecule has 7 heteroatoms. The molecule has 0 saturated carbocycles. The molecule has 0 aliphatic carbocycles. The highest BCUT2D eigenvalue weighted by Gasteiger charge is 2.13. The fourth-order valence-corrected chi connectivity index (χ4v) is 2.75. The molecule has 0 aliphatic rings. The molecular formula is C16H20N4O2S. The van der Waals surface area contributed by atoms with E-state index in [1.807, 2.05) is 34.9 Å². The van der Waals surface area contributed by atoms with Gasteiger partial charge >= 0.3 is 0 Å². The summed E-state index contributed by atoms with van der Waals surface area (Å²) in [6.45, 7) is 5.21. The van der Waals surface area contributed by atoms with Gasteiger partial charge in [0.25, 0.3) is 0 Å². The number of aromatic nitrogens is 3. The summed E-state index contributed by atoms with van der Waals surface area (Å²) in [5.41, 5.74) is 1.07. The number of hydrogen-bond donors (Lipinski definition) is 1. The van der Waals surface area contributed by atoms with Gasteiger partial charge in [-0.05, 0) is 5.56 Å². The largest absolute Gasteiger partial charge is 0.377 e. The summed E-state index contributed by atoms with van der Waals surface area (Å²) in [4.78, 5) is 12.0. The number of carbonyl (C=O) groups excluding carboxylic acids is 1. The molecule has 23 heavy (non-hydrogen) atoms. The van der Waals surface area contributed by atoms with Crippen LogP contribution in [0.1, 0.15) is 11.4 Å². The van der Waals surface area contributed by atoms with E-state index >= 15 is 0 Å². The van der Waals surface area contributed by atoms with E-state index < -0.39 is 0 Å². The molecule has 0 fully saturated rings. The zero-order chi connectivity index (χ0) is 16.5. The predicted molar refractivity (Wildman–Crippen MR) is 89.9 cm³/mol. The average molecular weight is 332 g/mol. The maximum Gasteiger partial charge on any atom is 0.230 e. The lowest BCUT2D eigenvalue weighted by Crippen LogP contribution is -2.24. The Morgan fingerprint density at radius 3 is 2.87 bits per heavy atom. The standard InChI is InChI=1S/C16H20N4O2S/c1-3-9-20-14(11-22-2)18-19-16(20)23-12-15(21)17-10-13-7-5-4-6-8-13/h3-8H,1,9-12H2,2H3,(H,17,21). The van der Waals surface area contributed by atoms with Crippen LogP contribution in [0.2, 0.25) is 0 Å². The van der Waals surface area contributed by atoms with Crippen molar-refractivity contribution in [1.82, 2.24) is 20.1 Å². The molecule has 0 atom stereocenters. The number of thioether (sulfide) groups is 1. The lowest BCUT2D eigenvalue weighted by atomic mass is 10.2. The summed E-state index contributed by atoms with van der Waals surface area (Å²) in [5.74, 6) is 0.967. The lowest BCUT2D eigenvalue weighted by Gasteiger charge is -2.07. The summed E-state index contributed by atoms with van der Waals surface area (Å²) in [7, 11) is 1.61. The Bertz CT molecular complexity index is 643. The number of ether oxygens (including phenoxy) is 1. The van der Waals surface area contributed by atoms with E-state index in [1.54, 1.807) is 13.2 Å². The van der Waals surface area contributed by atoms with Gasteiger partial charge in [-0.25, -0.2) is 0 Å². The van der Waals surface area contributed by atoms with Gasteiger partial charge in [-0.15, -0.1) is 16.8 Å².